The standard InChI is InChI=1S/C15H10Cl2N2O2S2/c16-8-4-9(17)6-10(5-8)18-15-19-14(11-2-1-3-22-11)12(23-15)7-13(20)21/h1-6H,7H2,(H,18,19)(H,20,21). The molecule has 1 aromatic carbocycles. The summed E-state index contributed by atoms with van der Waals surface area (Å²) in [6.45, 7) is 0. The molecule has 0 atom stereocenters. The largest absolute Gasteiger partial charge is 0.481 e. The number of hydrogen-bond acceptors (Lipinski definition) is 5. The summed E-state index contributed by atoms with van der Waals surface area (Å²) in [5.74, 6) is -0.885. The fourth-order valence-electron chi connectivity index (χ4n) is 2.02. The Morgan fingerprint density at radius 2 is 2.00 bits per heavy atom. The molecule has 4 nitrogen and oxygen atoms in total. The number of anilines is 2. The predicted octanol–water partition coefficient (Wildman–Crippen LogP) is 5.55. The molecule has 0 aliphatic heterocycles. The predicted molar refractivity (Wildman–Crippen MR) is 96.5 cm³/mol. The Labute approximate surface area is 150 Å². The van der Waals surface area contributed by atoms with Gasteiger partial charge < -0.3 is 10.4 Å². The fourth-order valence-corrected chi connectivity index (χ4v) is 4.34. The van der Waals surface area contributed by atoms with Gasteiger partial charge in [-0.25, -0.2) is 4.98 Å². The van der Waals surface area contributed by atoms with Gasteiger partial charge in [0.25, 0.3) is 0 Å². The van der Waals surface area contributed by atoms with Crippen molar-refractivity contribution >= 4 is 62.7 Å². The van der Waals surface area contributed by atoms with E-state index in [1.807, 2.05) is 17.5 Å². The molecule has 2 N–H and O–H groups in total. The zero-order valence-corrected chi connectivity index (χ0v) is 14.7. The summed E-state index contributed by atoms with van der Waals surface area (Å²) >= 11 is 14.8. The van der Waals surface area contributed by atoms with E-state index in [0.29, 0.717) is 31.4 Å². The van der Waals surface area contributed by atoms with Crippen LogP contribution >= 0.6 is 45.9 Å². The molecule has 0 bridgehead atoms. The van der Waals surface area contributed by atoms with Crippen LogP contribution in [0.5, 0.6) is 0 Å². The van der Waals surface area contributed by atoms with Crippen LogP contribution in [0, 0.1) is 0 Å². The minimum Gasteiger partial charge on any atom is -0.481 e. The average molecular weight is 385 g/mol. The second-order valence-corrected chi connectivity index (χ2v) is 7.53. The van der Waals surface area contributed by atoms with Crippen LogP contribution in [0.4, 0.5) is 10.8 Å². The molecule has 0 aliphatic carbocycles. The number of carboxylic acid groups (broad SMARTS) is 1. The minimum atomic E-state index is -0.885. The van der Waals surface area contributed by atoms with E-state index in [1.54, 1.807) is 18.2 Å². The number of benzene rings is 1. The molecule has 0 saturated carbocycles. The first-order valence-electron chi connectivity index (χ1n) is 6.50. The van der Waals surface area contributed by atoms with Crippen molar-refractivity contribution in [3.05, 3.63) is 50.6 Å². The number of aromatic nitrogens is 1. The van der Waals surface area contributed by atoms with Crippen LogP contribution in [0.1, 0.15) is 4.88 Å². The maximum Gasteiger partial charge on any atom is 0.308 e. The van der Waals surface area contributed by atoms with Crippen LogP contribution in [-0.4, -0.2) is 16.1 Å². The van der Waals surface area contributed by atoms with E-state index < -0.39 is 5.97 Å². The molecular weight excluding hydrogens is 375 g/mol. The van der Waals surface area contributed by atoms with Gasteiger partial charge in [-0.1, -0.05) is 29.3 Å². The highest BCUT2D eigenvalue weighted by Crippen LogP contribution is 2.36. The highest BCUT2D eigenvalue weighted by Gasteiger charge is 2.16. The van der Waals surface area contributed by atoms with Crippen molar-refractivity contribution in [3.8, 4) is 10.6 Å². The Morgan fingerprint density at radius 1 is 1.26 bits per heavy atom. The second kappa shape index (κ2) is 6.88. The van der Waals surface area contributed by atoms with E-state index in [9.17, 15) is 4.79 Å². The summed E-state index contributed by atoms with van der Waals surface area (Å²) in [4.78, 5) is 17.2. The van der Waals surface area contributed by atoms with Gasteiger partial charge in [0.15, 0.2) is 5.13 Å². The Balaban J connectivity index is 1.95. The third kappa shape index (κ3) is 4.03. The monoisotopic (exact) mass is 384 g/mol. The van der Waals surface area contributed by atoms with Crippen molar-refractivity contribution in [2.24, 2.45) is 0 Å². The quantitative estimate of drug-likeness (QED) is 0.605. The number of rotatable bonds is 5. The molecule has 3 aromatic rings. The smallest absolute Gasteiger partial charge is 0.308 e. The van der Waals surface area contributed by atoms with Crippen LogP contribution < -0.4 is 5.32 Å². The third-order valence-corrected chi connectivity index (χ3v) is 5.16. The lowest BCUT2D eigenvalue weighted by Crippen LogP contribution is -1.98. The first-order valence-corrected chi connectivity index (χ1v) is 8.95. The third-order valence-electron chi connectivity index (χ3n) is 2.88. The molecule has 0 spiro atoms. The topological polar surface area (TPSA) is 62.2 Å². The number of aliphatic carboxylic acids is 1. The molecule has 0 fully saturated rings. The number of hydrogen-bond donors (Lipinski definition) is 2. The molecule has 23 heavy (non-hydrogen) atoms. The highest BCUT2D eigenvalue weighted by atomic mass is 35.5. The minimum absolute atomic E-state index is 0.0666. The maximum absolute atomic E-state index is 11.1. The Bertz CT molecular complexity index is 827. The lowest BCUT2D eigenvalue weighted by atomic mass is 10.2. The number of nitrogens with zero attached hydrogens (tertiary/aromatic N) is 1. The molecule has 0 radical (unpaired) electrons. The van der Waals surface area contributed by atoms with Gasteiger partial charge in [-0.3, -0.25) is 4.79 Å². The highest BCUT2D eigenvalue weighted by molar-refractivity contribution is 7.17. The number of halogens is 2. The fraction of sp³-hybridized carbons (Fsp3) is 0.0667. The second-order valence-electron chi connectivity index (χ2n) is 4.62. The van der Waals surface area contributed by atoms with E-state index in [2.05, 4.69) is 10.3 Å². The molecular formula is C15H10Cl2N2O2S2. The van der Waals surface area contributed by atoms with Crippen molar-refractivity contribution < 1.29 is 9.90 Å². The van der Waals surface area contributed by atoms with Crippen LogP contribution in [0.3, 0.4) is 0 Å². The summed E-state index contributed by atoms with van der Waals surface area (Å²) < 4.78 is 0. The van der Waals surface area contributed by atoms with Gasteiger partial charge in [0, 0.05) is 20.6 Å². The number of carboxylic acids is 1. The molecule has 0 unspecified atom stereocenters. The Morgan fingerprint density at radius 3 is 2.61 bits per heavy atom. The number of nitrogens with one attached hydrogen (secondary N) is 1. The lowest BCUT2D eigenvalue weighted by molar-refractivity contribution is -0.136. The molecule has 0 saturated heterocycles. The van der Waals surface area contributed by atoms with Crippen LogP contribution in [0.25, 0.3) is 10.6 Å². The first kappa shape index (κ1) is 16.3. The average Bonchev–Trinajstić information content (AvgIpc) is 3.06. The van der Waals surface area contributed by atoms with E-state index in [4.69, 9.17) is 28.3 Å². The summed E-state index contributed by atoms with van der Waals surface area (Å²) in [6, 6.07) is 8.94. The van der Waals surface area contributed by atoms with Crippen LogP contribution in [0.2, 0.25) is 10.0 Å². The van der Waals surface area contributed by atoms with Crippen molar-refractivity contribution in [1.29, 1.82) is 0 Å². The summed E-state index contributed by atoms with van der Waals surface area (Å²) in [7, 11) is 0. The van der Waals surface area contributed by atoms with Crippen molar-refractivity contribution in [3.63, 3.8) is 0 Å². The summed E-state index contributed by atoms with van der Waals surface area (Å²) in [5.41, 5.74) is 1.40. The summed E-state index contributed by atoms with van der Waals surface area (Å²) in [5, 5.41) is 15.8. The van der Waals surface area contributed by atoms with E-state index in [-0.39, 0.29) is 6.42 Å². The van der Waals surface area contributed by atoms with Crippen molar-refractivity contribution in [2.75, 3.05) is 5.32 Å². The van der Waals surface area contributed by atoms with Gasteiger partial charge in [-0.05, 0) is 29.6 Å². The van der Waals surface area contributed by atoms with Gasteiger partial charge in [0.1, 0.15) is 0 Å². The van der Waals surface area contributed by atoms with Crippen LogP contribution in [0.15, 0.2) is 35.7 Å². The van der Waals surface area contributed by atoms with Crippen molar-refractivity contribution in [2.45, 2.75) is 6.42 Å². The normalized spacial score (nSPS) is 10.7. The van der Waals surface area contributed by atoms with Gasteiger partial charge in [0.2, 0.25) is 0 Å². The molecule has 2 aromatic heterocycles. The van der Waals surface area contributed by atoms with Gasteiger partial charge in [0.05, 0.1) is 17.0 Å². The van der Waals surface area contributed by atoms with E-state index in [1.165, 1.54) is 22.7 Å². The number of thiazole rings is 1. The van der Waals surface area contributed by atoms with Crippen molar-refractivity contribution in [1.82, 2.24) is 4.98 Å². The molecule has 3 rings (SSSR count). The Hall–Kier alpha value is -1.60. The zero-order valence-electron chi connectivity index (χ0n) is 11.5. The van der Waals surface area contributed by atoms with Gasteiger partial charge in [-0.15, -0.1) is 22.7 Å². The van der Waals surface area contributed by atoms with E-state index in [0.717, 1.165) is 4.88 Å². The molecule has 2 heterocycles. The van der Waals surface area contributed by atoms with E-state index >= 15 is 0 Å². The Kier molecular flexibility index (Phi) is 4.87. The molecule has 118 valence electrons. The molecule has 0 aliphatic rings. The number of carbonyl (C=O) groups is 1. The molecule has 0 amide bonds. The van der Waals surface area contributed by atoms with Gasteiger partial charge >= 0.3 is 5.97 Å². The maximum atomic E-state index is 11.1. The first-order chi connectivity index (χ1) is 11.0. The SMILES string of the molecule is O=C(O)Cc1sc(Nc2cc(Cl)cc(Cl)c2)nc1-c1cccs1. The number of thiophene rings is 1. The summed E-state index contributed by atoms with van der Waals surface area (Å²) in [6.07, 6.45) is -0.0666. The van der Waals surface area contributed by atoms with Crippen LogP contribution in [-0.2, 0) is 11.2 Å². The lowest BCUT2D eigenvalue weighted by Gasteiger charge is -2.03. The van der Waals surface area contributed by atoms with Gasteiger partial charge in [-0.2, -0.15) is 0 Å². The zero-order chi connectivity index (χ0) is 16.4. The molecule has 8 heteroatoms.